The van der Waals surface area contributed by atoms with Crippen LogP contribution in [0.2, 0.25) is 0 Å². The van der Waals surface area contributed by atoms with Crippen LogP contribution in [0.4, 0.5) is 0 Å². The first-order chi connectivity index (χ1) is 9.72. The lowest BCUT2D eigenvalue weighted by Gasteiger charge is -2.21. The van der Waals surface area contributed by atoms with E-state index in [0.29, 0.717) is 18.5 Å². The fraction of sp³-hybridized carbons (Fsp3) is 0.706. The standard InChI is InChI=1S/C17H30N2O2/c1-12(2)18-10-14-8-15(17(4,5)6)19-16(9-14)21-13(3)11-20-7/h8-9,12-13,18H,10-11H2,1-7H3. The zero-order valence-electron chi connectivity index (χ0n) is 14.5. The molecule has 0 aliphatic carbocycles. The van der Waals surface area contributed by atoms with E-state index in [1.165, 1.54) is 5.56 Å². The summed E-state index contributed by atoms with van der Waals surface area (Å²) >= 11 is 0. The fourth-order valence-electron chi connectivity index (χ4n) is 1.90. The van der Waals surface area contributed by atoms with Crippen molar-refractivity contribution in [3.05, 3.63) is 23.4 Å². The van der Waals surface area contributed by atoms with Crippen LogP contribution in [0.5, 0.6) is 5.88 Å². The monoisotopic (exact) mass is 294 g/mol. The lowest BCUT2D eigenvalue weighted by Crippen LogP contribution is -2.24. The molecule has 1 N–H and O–H groups in total. The molecule has 120 valence electrons. The summed E-state index contributed by atoms with van der Waals surface area (Å²) in [5.41, 5.74) is 2.24. The summed E-state index contributed by atoms with van der Waals surface area (Å²) in [7, 11) is 1.68. The van der Waals surface area contributed by atoms with Crippen LogP contribution in [0, 0.1) is 0 Å². The van der Waals surface area contributed by atoms with Gasteiger partial charge in [0.1, 0.15) is 6.10 Å². The molecule has 0 amide bonds. The van der Waals surface area contributed by atoms with Crippen molar-refractivity contribution in [2.75, 3.05) is 13.7 Å². The topological polar surface area (TPSA) is 43.4 Å². The third-order valence-corrected chi connectivity index (χ3v) is 3.07. The molecule has 1 unspecified atom stereocenters. The van der Waals surface area contributed by atoms with Crippen LogP contribution < -0.4 is 10.1 Å². The Morgan fingerprint density at radius 3 is 2.38 bits per heavy atom. The van der Waals surface area contributed by atoms with E-state index in [-0.39, 0.29) is 11.5 Å². The first-order valence-corrected chi connectivity index (χ1v) is 7.62. The molecule has 0 saturated heterocycles. The average molecular weight is 294 g/mol. The van der Waals surface area contributed by atoms with Crippen molar-refractivity contribution in [1.82, 2.24) is 10.3 Å². The maximum atomic E-state index is 5.87. The summed E-state index contributed by atoms with van der Waals surface area (Å²) in [5, 5.41) is 3.44. The molecular weight excluding hydrogens is 264 g/mol. The molecule has 1 atom stereocenters. The van der Waals surface area contributed by atoms with E-state index in [0.717, 1.165) is 12.2 Å². The molecule has 1 heterocycles. The Labute approximate surface area is 129 Å². The van der Waals surface area contributed by atoms with E-state index in [2.05, 4.69) is 51.0 Å². The van der Waals surface area contributed by atoms with E-state index in [1.807, 2.05) is 13.0 Å². The van der Waals surface area contributed by atoms with E-state index in [1.54, 1.807) is 7.11 Å². The number of aromatic nitrogens is 1. The Balaban J connectivity index is 2.97. The quantitative estimate of drug-likeness (QED) is 0.838. The summed E-state index contributed by atoms with van der Waals surface area (Å²) in [4.78, 5) is 4.65. The molecule has 0 aliphatic rings. The number of hydrogen-bond donors (Lipinski definition) is 1. The number of hydrogen-bond acceptors (Lipinski definition) is 4. The minimum absolute atomic E-state index is 0.00353. The van der Waals surface area contributed by atoms with Gasteiger partial charge in [0.2, 0.25) is 5.88 Å². The van der Waals surface area contributed by atoms with Gasteiger partial charge >= 0.3 is 0 Å². The van der Waals surface area contributed by atoms with Gasteiger partial charge < -0.3 is 14.8 Å². The van der Waals surface area contributed by atoms with Gasteiger partial charge in [-0.3, -0.25) is 0 Å². The van der Waals surface area contributed by atoms with Gasteiger partial charge in [0.25, 0.3) is 0 Å². The van der Waals surface area contributed by atoms with Crippen LogP contribution in [0.1, 0.15) is 52.8 Å². The Bertz CT molecular complexity index is 439. The molecule has 0 aromatic carbocycles. The van der Waals surface area contributed by atoms with Crippen LogP contribution in [-0.4, -0.2) is 30.8 Å². The van der Waals surface area contributed by atoms with Crippen molar-refractivity contribution in [1.29, 1.82) is 0 Å². The Hall–Kier alpha value is -1.13. The molecule has 0 bridgehead atoms. The second-order valence-corrected chi connectivity index (χ2v) is 6.87. The van der Waals surface area contributed by atoms with Crippen LogP contribution >= 0.6 is 0 Å². The van der Waals surface area contributed by atoms with Crippen LogP contribution in [0.25, 0.3) is 0 Å². The van der Waals surface area contributed by atoms with Gasteiger partial charge in [0.15, 0.2) is 0 Å². The molecule has 1 rings (SSSR count). The van der Waals surface area contributed by atoms with Crippen molar-refractivity contribution >= 4 is 0 Å². The predicted molar refractivity (Wildman–Crippen MR) is 86.9 cm³/mol. The van der Waals surface area contributed by atoms with Crippen LogP contribution in [0.15, 0.2) is 12.1 Å². The average Bonchev–Trinajstić information content (AvgIpc) is 2.35. The number of methoxy groups -OCH3 is 1. The van der Waals surface area contributed by atoms with Gasteiger partial charge in [-0.05, 0) is 18.6 Å². The second kappa shape index (κ2) is 7.76. The van der Waals surface area contributed by atoms with Crippen molar-refractivity contribution in [3.8, 4) is 5.88 Å². The van der Waals surface area contributed by atoms with Gasteiger partial charge in [-0.2, -0.15) is 0 Å². The maximum Gasteiger partial charge on any atom is 0.214 e. The molecule has 0 aliphatic heterocycles. The fourth-order valence-corrected chi connectivity index (χ4v) is 1.90. The molecule has 0 spiro atoms. The molecule has 0 saturated carbocycles. The van der Waals surface area contributed by atoms with Gasteiger partial charge in [-0.25, -0.2) is 4.98 Å². The lowest BCUT2D eigenvalue weighted by molar-refractivity contribution is 0.0886. The largest absolute Gasteiger partial charge is 0.472 e. The minimum Gasteiger partial charge on any atom is -0.472 e. The van der Waals surface area contributed by atoms with E-state index < -0.39 is 0 Å². The van der Waals surface area contributed by atoms with Gasteiger partial charge in [0.05, 0.1) is 12.3 Å². The maximum absolute atomic E-state index is 5.87. The highest BCUT2D eigenvalue weighted by Gasteiger charge is 2.18. The van der Waals surface area contributed by atoms with Gasteiger partial charge in [-0.1, -0.05) is 34.6 Å². The smallest absolute Gasteiger partial charge is 0.214 e. The molecule has 4 heteroatoms. The van der Waals surface area contributed by atoms with Crippen LogP contribution in [0.3, 0.4) is 0 Å². The summed E-state index contributed by atoms with van der Waals surface area (Å²) < 4.78 is 11.0. The number of rotatable bonds is 7. The molecule has 0 radical (unpaired) electrons. The normalized spacial score (nSPS) is 13.5. The van der Waals surface area contributed by atoms with Crippen molar-refractivity contribution in [3.63, 3.8) is 0 Å². The summed E-state index contributed by atoms with van der Waals surface area (Å²) in [6, 6.07) is 4.62. The number of pyridine rings is 1. The Kier molecular flexibility index (Phi) is 6.62. The summed E-state index contributed by atoms with van der Waals surface area (Å²) in [6.07, 6.45) is -0.0105. The molecule has 0 fully saturated rings. The van der Waals surface area contributed by atoms with Crippen LogP contribution in [-0.2, 0) is 16.7 Å². The minimum atomic E-state index is -0.0105. The summed E-state index contributed by atoms with van der Waals surface area (Å²) in [6.45, 7) is 14.1. The first-order valence-electron chi connectivity index (χ1n) is 7.62. The predicted octanol–water partition coefficient (Wildman–Crippen LogP) is 3.29. The zero-order chi connectivity index (χ0) is 16.0. The second-order valence-electron chi connectivity index (χ2n) is 6.87. The van der Waals surface area contributed by atoms with E-state index in [9.17, 15) is 0 Å². The molecular formula is C17H30N2O2. The number of ether oxygens (including phenoxy) is 2. The molecule has 21 heavy (non-hydrogen) atoms. The highest BCUT2D eigenvalue weighted by molar-refractivity contribution is 5.28. The highest BCUT2D eigenvalue weighted by Crippen LogP contribution is 2.24. The Morgan fingerprint density at radius 2 is 1.86 bits per heavy atom. The van der Waals surface area contributed by atoms with Gasteiger partial charge in [-0.15, -0.1) is 0 Å². The van der Waals surface area contributed by atoms with Crippen molar-refractivity contribution in [2.24, 2.45) is 0 Å². The lowest BCUT2D eigenvalue weighted by atomic mass is 9.91. The first kappa shape index (κ1) is 17.9. The van der Waals surface area contributed by atoms with E-state index >= 15 is 0 Å². The summed E-state index contributed by atoms with van der Waals surface area (Å²) in [5.74, 6) is 0.674. The number of nitrogens with zero attached hydrogens (tertiary/aromatic N) is 1. The number of nitrogens with one attached hydrogen (secondary N) is 1. The Morgan fingerprint density at radius 1 is 1.19 bits per heavy atom. The molecule has 1 aromatic rings. The third kappa shape index (κ3) is 6.44. The van der Waals surface area contributed by atoms with Crippen molar-refractivity contribution < 1.29 is 9.47 Å². The van der Waals surface area contributed by atoms with Crippen molar-refractivity contribution in [2.45, 2.75) is 65.6 Å². The SMILES string of the molecule is COCC(C)Oc1cc(CNC(C)C)cc(C(C)(C)C)n1. The highest BCUT2D eigenvalue weighted by atomic mass is 16.5. The van der Waals surface area contributed by atoms with Gasteiger partial charge in [0, 0.05) is 31.2 Å². The molecule has 4 nitrogen and oxygen atoms in total. The van der Waals surface area contributed by atoms with E-state index in [4.69, 9.17) is 9.47 Å². The zero-order valence-corrected chi connectivity index (χ0v) is 14.5. The molecule has 1 aromatic heterocycles. The third-order valence-electron chi connectivity index (χ3n) is 3.07.